The summed E-state index contributed by atoms with van der Waals surface area (Å²) in [5, 5.41) is 36.6. The number of unbranched alkanes of at least 4 members (excludes halogenated alkanes) is 5. The summed E-state index contributed by atoms with van der Waals surface area (Å²) in [4.78, 5) is 40.6. The number of rotatable bonds is 17. The normalized spacial score (nSPS) is 23.3. The van der Waals surface area contributed by atoms with E-state index in [2.05, 4.69) is 17.6 Å². The van der Waals surface area contributed by atoms with Crippen LogP contribution in [0.3, 0.4) is 0 Å². The predicted molar refractivity (Wildman–Crippen MR) is 203 cm³/mol. The number of aromatic hydroxyl groups is 2. The average molecular weight is 755 g/mol. The van der Waals surface area contributed by atoms with Gasteiger partial charge in [-0.05, 0) is 80.6 Å². The van der Waals surface area contributed by atoms with Gasteiger partial charge in [0.2, 0.25) is 6.23 Å². The maximum absolute atomic E-state index is 14.0. The van der Waals surface area contributed by atoms with Crippen molar-refractivity contribution in [2.24, 2.45) is 5.41 Å². The Balaban J connectivity index is 1.45. The standard InChI is InChI=1S/C41H58N2O11/c1-8-9-10-11-12-13-22-50-29-18-16-28(17-19-29)42-36(47)37(51-26(2)39(3,4)5)43-38(48)41(49)24-32(35-33(25-41)53-40(6,7)54-35)52-34(46)21-15-27-14-20-30(44)31(45)23-27/h14-21,23,26,32-33,35,37,44-45,49H,8-13,22,24-25H2,1-7H3,(H,42,47)(H,43,48)/b21-15+/t26?,32-,33-,35?,37?,41-/m1/s1. The summed E-state index contributed by atoms with van der Waals surface area (Å²) in [7, 11) is 0. The van der Waals surface area contributed by atoms with Crippen LogP contribution >= 0.6 is 0 Å². The molecule has 2 aromatic carbocycles. The van der Waals surface area contributed by atoms with Gasteiger partial charge in [0, 0.05) is 24.6 Å². The number of carbonyl (C=O) groups excluding carboxylic acids is 3. The van der Waals surface area contributed by atoms with Gasteiger partial charge in [0.05, 0.1) is 18.8 Å². The molecule has 54 heavy (non-hydrogen) atoms. The molecule has 1 saturated carbocycles. The van der Waals surface area contributed by atoms with Crippen molar-refractivity contribution in [3.05, 3.63) is 54.1 Å². The van der Waals surface area contributed by atoms with Crippen LogP contribution in [-0.4, -0.2) is 81.7 Å². The number of carbonyl (C=O) groups is 3. The number of benzene rings is 2. The molecule has 2 fully saturated rings. The minimum absolute atomic E-state index is 0.201. The number of phenols is 2. The van der Waals surface area contributed by atoms with E-state index in [1.54, 1.807) is 45.0 Å². The highest BCUT2D eigenvalue weighted by molar-refractivity contribution is 5.97. The Labute approximate surface area is 318 Å². The van der Waals surface area contributed by atoms with E-state index in [4.69, 9.17) is 23.7 Å². The quantitative estimate of drug-likeness (QED) is 0.0400. The second-order valence-electron chi connectivity index (χ2n) is 15.8. The number of nitrogens with one attached hydrogen (secondary N) is 2. The van der Waals surface area contributed by atoms with Crippen molar-refractivity contribution >= 4 is 29.5 Å². The molecule has 3 unspecified atom stereocenters. The maximum Gasteiger partial charge on any atom is 0.331 e. The third-order valence-electron chi connectivity index (χ3n) is 9.72. The Morgan fingerprint density at radius 1 is 0.963 bits per heavy atom. The lowest BCUT2D eigenvalue weighted by Gasteiger charge is -2.40. The van der Waals surface area contributed by atoms with E-state index in [9.17, 15) is 29.7 Å². The number of aliphatic hydroxyl groups is 1. The second-order valence-corrected chi connectivity index (χ2v) is 15.8. The summed E-state index contributed by atoms with van der Waals surface area (Å²) in [5.41, 5.74) is -1.68. The van der Waals surface area contributed by atoms with E-state index < -0.39 is 65.2 Å². The van der Waals surface area contributed by atoms with E-state index in [-0.39, 0.29) is 24.3 Å². The molecule has 13 heteroatoms. The van der Waals surface area contributed by atoms with Gasteiger partial charge >= 0.3 is 5.97 Å². The van der Waals surface area contributed by atoms with Gasteiger partial charge in [-0.1, -0.05) is 65.9 Å². The molecule has 2 aliphatic rings. The smallest absolute Gasteiger partial charge is 0.331 e. The molecule has 2 aromatic rings. The first-order valence-corrected chi connectivity index (χ1v) is 18.9. The summed E-state index contributed by atoms with van der Waals surface area (Å²) in [6, 6.07) is 11.0. The number of hydrogen-bond acceptors (Lipinski definition) is 11. The first-order valence-electron chi connectivity index (χ1n) is 18.9. The molecule has 1 aliphatic heterocycles. The van der Waals surface area contributed by atoms with Crippen LogP contribution < -0.4 is 15.4 Å². The van der Waals surface area contributed by atoms with E-state index >= 15 is 0 Å². The molecule has 0 bridgehead atoms. The van der Waals surface area contributed by atoms with Gasteiger partial charge in [-0.3, -0.25) is 9.59 Å². The van der Waals surface area contributed by atoms with Gasteiger partial charge in [-0.25, -0.2) is 4.79 Å². The molecule has 1 heterocycles. The largest absolute Gasteiger partial charge is 0.504 e. The van der Waals surface area contributed by atoms with Crippen LogP contribution in [0.2, 0.25) is 0 Å². The van der Waals surface area contributed by atoms with E-state index in [1.165, 1.54) is 50.0 Å². The number of fused-ring (bicyclic) bond motifs is 1. The lowest BCUT2D eigenvalue weighted by molar-refractivity contribution is -0.179. The van der Waals surface area contributed by atoms with Crippen LogP contribution in [0.25, 0.3) is 6.08 Å². The second kappa shape index (κ2) is 18.4. The third-order valence-corrected chi connectivity index (χ3v) is 9.72. The average Bonchev–Trinajstić information content (AvgIpc) is 3.41. The number of anilines is 1. The SMILES string of the molecule is CCCCCCCCOc1ccc(NC(=O)C(NC(=O)[C@@]2(O)C[C@@H](OC(=O)/C=C/c3ccc(O)c(O)c3)C3OC(C)(C)O[C@@H]3C2)OC(C)C(C)(C)C)cc1. The molecule has 1 saturated heterocycles. The fourth-order valence-electron chi connectivity index (χ4n) is 6.23. The van der Waals surface area contributed by atoms with Gasteiger partial charge < -0.3 is 49.6 Å². The minimum Gasteiger partial charge on any atom is -0.504 e. The molecule has 0 radical (unpaired) electrons. The summed E-state index contributed by atoms with van der Waals surface area (Å²) in [6.45, 7) is 13.7. The molecule has 0 aromatic heterocycles. The molecular formula is C41H58N2O11. The van der Waals surface area contributed by atoms with Gasteiger partial charge in [0.15, 0.2) is 17.3 Å². The Bertz CT molecular complexity index is 1600. The Morgan fingerprint density at radius 2 is 1.65 bits per heavy atom. The van der Waals surface area contributed by atoms with Gasteiger partial charge in [0.1, 0.15) is 23.6 Å². The topological polar surface area (TPSA) is 182 Å². The first-order chi connectivity index (χ1) is 25.4. The number of amides is 2. The van der Waals surface area contributed by atoms with Crippen molar-refractivity contribution in [3.63, 3.8) is 0 Å². The predicted octanol–water partition coefficient (Wildman–Crippen LogP) is 6.34. The first kappa shape index (κ1) is 42.6. The Morgan fingerprint density at radius 3 is 2.31 bits per heavy atom. The minimum atomic E-state index is -2.15. The maximum atomic E-state index is 14.0. The number of hydrogen-bond donors (Lipinski definition) is 5. The van der Waals surface area contributed by atoms with Crippen LogP contribution in [0.15, 0.2) is 48.5 Å². The van der Waals surface area contributed by atoms with Crippen molar-refractivity contribution in [1.82, 2.24) is 5.32 Å². The van der Waals surface area contributed by atoms with Crippen molar-refractivity contribution in [2.75, 3.05) is 11.9 Å². The third kappa shape index (κ3) is 12.2. The van der Waals surface area contributed by atoms with Crippen LogP contribution in [-0.2, 0) is 33.3 Å². The molecule has 298 valence electrons. The molecule has 1 aliphatic carbocycles. The number of ether oxygens (including phenoxy) is 5. The van der Waals surface area contributed by atoms with E-state index in [0.29, 0.717) is 23.6 Å². The van der Waals surface area contributed by atoms with Gasteiger partial charge in [-0.2, -0.15) is 0 Å². The van der Waals surface area contributed by atoms with E-state index in [0.717, 1.165) is 18.9 Å². The number of esters is 1. The molecule has 6 atom stereocenters. The van der Waals surface area contributed by atoms with Crippen LogP contribution in [0.5, 0.6) is 17.2 Å². The Kier molecular flexibility index (Phi) is 14.5. The van der Waals surface area contributed by atoms with Crippen LogP contribution in [0, 0.1) is 5.41 Å². The zero-order chi connectivity index (χ0) is 39.7. The zero-order valence-corrected chi connectivity index (χ0v) is 32.6. The molecular weight excluding hydrogens is 696 g/mol. The highest BCUT2D eigenvalue weighted by Crippen LogP contribution is 2.42. The summed E-state index contributed by atoms with van der Waals surface area (Å²) in [5.74, 6) is -3.46. The number of phenolic OH excluding ortho intramolecular Hbond substituents is 2. The zero-order valence-electron chi connectivity index (χ0n) is 32.6. The highest BCUT2D eigenvalue weighted by atomic mass is 16.8. The van der Waals surface area contributed by atoms with Gasteiger partial charge in [-0.15, -0.1) is 0 Å². The highest BCUT2D eigenvalue weighted by Gasteiger charge is 2.58. The summed E-state index contributed by atoms with van der Waals surface area (Å²) < 4.78 is 29.8. The lowest BCUT2D eigenvalue weighted by Crippen LogP contribution is -2.61. The van der Waals surface area contributed by atoms with Crippen molar-refractivity contribution < 1.29 is 53.4 Å². The molecule has 0 spiro atoms. The van der Waals surface area contributed by atoms with Crippen molar-refractivity contribution in [2.45, 2.75) is 142 Å². The summed E-state index contributed by atoms with van der Waals surface area (Å²) >= 11 is 0. The molecule has 4 rings (SSSR count). The summed E-state index contributed by atoms with van der Waals surface area (Å²) in [6.07, 6.45) is 4.15. The van der Waals surface area contributed by atoms with E-state index in [1.807, 2.05) is 20.8 Å². The Hall–Kier alpha value is -4.17. The molecule has 5 N–H and O–H groups in total. The van der Waals surface area contributed by atoms with Crippen LogP contribution in [0.1, 0.15) is 105 Å². The van der Waals surface area contributed by atoms with Gasteiger partial charge in [0.25, 0.3) is 11.8 Å². The van der Waals surface area contributed by atoms with Crippen molar-refractivity contribution in [3.8, 4) is 17.2 Å². The molecule has 2 amide bonds. The van der Waals surface area contributed by atoms with Crippen molar-refractivity contribution in [1.29, 1.82) is 0 Å². The fraction of sp³-hybridized carbons (Fsp3) is 0.585. The fourth-order valence-corrected chi connectivity index (χ4v) is 6.23. The molecule has 13 nitrogen and oxygen atoms in total. The lowest BCUT2D eigenvalue weighted by atomic mass is 9.79. The monoisotopic (exact) mass is 754 g/mol. The van der Waals surface area contributed by atoms with Crippen LogP contribution in [0.4, 0.5) is 5.69 Å².